The number of nitrogens with zero attached hydrogens (tertiary/aromatic N) is 2. The van der Waals surface area contributed by atoms with Crippen LogP contribution in [0.3, 0.4) is 0 Å². The van der Waals surface area contributed by atoms with Crippen molar-refractivity contribution in [3.8, 4) is 17.6 Å². The first-order chi connectivity index (χ1) is 14.6. The van der Waals surface area contributed by atoms with Gasteiger partial charge in [-0.1, -0.05) is 30.3 Å². The Labute approximate surface area is 176 Å². The average Bonchev–Trinajstić information content (AvgIpc) is 2.78. The number of ketones is 1. The molecule has 3 atom stereocenters. The third kappa shape index (κ3) is 3.39. The smallest absolute Gasteiger partial charge is 0.161 e. The Bertz CT molecular complexity index is 1080. The van der Waals surface area contributed by atoms with Crippen LogP contribution in [0.4, 0.5) is 0 Å². The minimum Gasteiger partial charge on any atom is -0.497 e. The number of Topliss-reactive ketones (excluding diaryl/α,β-unsaturated/α-hetero) is 1. The first-order valence-corrected chi connectivity index (χ1v) is 10.0. The van der Waals surface area contributed by atoms with Gasteiger partial charge in [-0.05, 0) is 43.0 Å². The van der Waals surface area contributed by atoms with Crippen molar-refractivity contribution in [1.82, 2.24) is 0 Å². The number of rotatable bonds is 4. The van der Waals surface area contributed by atoms with Gasteiger partial charge in [-0.2, -0.15) is 5.26 Å². The molecule has 1 heterocycles. The van der Waals surface area contributed by atoms with Gasteiger partial charge in [0.2, 0.25) is 0 Å². The average molecular weight is 400 g/mol. The minimum atomic E-state index is -0.526. The van der Waals surface area contributed by atoms with Crippen molar-refractivity contribution in [2.75, 3.05) is 14.2 Å². The predicted octanol–water partition coefficient (Wildman–Crippen LogP) is 4.80. The summed E-state index contributed by atoms with van der Waals surface area (Å²) in [5.74, 6) is 0.506. The maximum Gasteiger partial charge on any atom is 0.161 e. The highest BCUT2D eigenvalue weighted by molar-refractivity contribution is 6.03. The van der Waals surface area contributed by atoms with Crippen molar-refractivity contribution < 1.29 is 14.3 Å². The number of nitriles is 1. The SMILES string of the molecule is COc1ccc(OC)c([C@@H]2C3=C(C[C@@H](c4ccccc4)CC3=O)N=C(C)C2C#N)c1. The molecule has 1 unspecified atom stereocenters. The lowest BCUT2D eigenvalue weighted by Gasteiger charge is -2.35. The Hall–Kier alpha value is -3.39. The van der Waals surface area contributed by atoms with E-state index in [4.69, 9.17) is 14.5 Å². The van der Waals surface area contributed by atoms with E-state index >= 15 is 0 Å². The molecule has 0 saturated heterocycles. The predicted molar refractivity (Wildman–Crippen MR) is 115 cm³/mol. The molecule has 4 rings (SSSR count). The second kappa shape index (κ2) is 8.16. The minimum absolute atomic E-state index is 0.0523. The fourth-order valence-electron chi connectivity index (χ4n) is 4.61. The maximum atomic E-state index is 13.4. The van der Waals surface area contributed by atoms with Crippen LogP contribution >= 0.6 is 0 Å². The summed E-state index contributed by atoms with van der Waals surface area (Å²) in [5.41, 5.74) is 4.09. The second-order valence-electron chi connectivity index (χ2n) is 7.74. The molecule has 0 N–H and O–H groups in total. The third-order valence-corrected chi connectivity index (χ3v) is 6.07. The van der Waals surface area contributed by atoms with Gasteiger partial charge in [0.15, 0.2) is 5.78 Å². The number of carbonyl (C=O) groups excluding carboxylic acids is 1. The zero-order valence-corrected chi connectivity index (χ0v) is 17.4. The Morgan fingerprint density at radius 1 is 1.07 bits per heavy atom. The summed E-state index contributed by atoms with van der Waals surface area (Å²) in [7, 11) is 3.20. The molecule has 2 aromatic carbocycles. The fourth-order valence-corrected chi connectivity index (χ4v) is 4.61. The van der Waals surface area contributed by atoms with Gasteiger partial charge >= 0.3 is 0 Å². The molecule has 0 radical (unpaired) electrons. The van der Waals surface area contributed by atoms with E-state index in [9.17, 15) is 10.1 Å². The van der Waals surface area contributed by atoms with Crippen molar-refractivity contribution in [3.63, 3.8) is 0 Å². The largest absolute Gasteiger partial charge is 0.497 e. The lowest BCUT2D eigenvalue weighted by Crippen LogP contribution is -2.32. The molecule has 2 aliphatic rings. The van der Waals surface area contributed by atoms with Gasteiger partial charge in [0.1, 0.15) is 11.5 Å². The number of allylic oxidation sites excluding steroid dienone is 2. The van der Waals surface area contributed by atoms with E-state index in [0.717, 1.165) is 22.5 Å². The van der Waals surface area contributed by atoms with E-state index in [2.05, 4.69) is 18.2 Å². The van der Waals surface area contributed by atoms with Gasteiger partial charge in [0, 0.05) is 34.9 Å². The summed E-state index contributed by atoms with van der Waals surface area (Å²) in [5, 5.41) is 9.95. The molecule has 0 fully saturated rings. The van der Waals surface area contributed by atoms with Crippen molar-refractivity contribution in [1.29, 1.82) is 5.26 Å². The van der Waals surface area contributed by atoms with E-state index in [1.165, 1.54) is 0 Å². The summed E-state index contributed by atoms with van der Waals surface area (Å²) >= 11 is 0. The highest BCUT2D eigenvalue weighted by atomic mass is 16.5. The van der Waals surface area contributed by atoms with Crippen LogP contribution in [0.1, 0.15) is 42.7 Å². The summed E-state index contributed by atoms with van der Waals surface area (Å²) in [6, 6.07) is 18.0. The zero-order valence-electron chi connectivity index (χ0n) is 17.4. The Morgan fingerprint density at radius 2 is 1.83 bits per heavy atom. The van der Waals surface area contributed by atoms with E-state index in [1.807, 2.05) is 43.3 Å². The molecular weight excluding hydrogens is 376 g/mol. The summed E-state index contributed by atoms with van der Waals surface area (Å²) in [6.07, 6.45) is 1.10. The first kappa shape index (κ1) is 19.9. The molecule has 30 heavy (non-hydrogen) atoms. The summed E-state index contributed by atoms with van der Waals surface area (Å²) < 4.78 is 11.0. The number of ether oxygens (including phenoxy) is 2. The van der Waals surface area contributed by atoms with Crippen LogP contribution in [0.15, 0.2) is 64.8 Å². The molecule has 0 spiro atoms. The third-order valence-electron chi connectivity index (χ3n) is 6.07. The van der Waals surface area contributed by atoms with Gasteiger partial charge < -0.3 is 9.47 Å². The molecule has 0 bridgehead atoms. The second-order valence-corrected chi connectivity index (χ2v) is 7.74. The Balaban J connectivity index is 1.85. The van der Waals surface area contributed by atoms with Gasteiger partial charge in [-0.3, -0.25) is 9.79 Å². The van der Waals surface area contributed by atoms with Gasteiger partial charge in [-0.15, -0.1) is 0 Å². The normalized spacial score (nSPS) is 23.3. The molecule has 152 valence electrons. The van der Waals surface area contributed by atoms with Crippen LogP contribution in [-0.2, 0) is 4.79 Å². The van der Waals surface area contributed by atoms with Crippen molar-refractivity contribution in [3.05, 3.63) is 70.9 Å². The molecule has 5 heteroatoms. The van der Waals surface area contributed by atoms with Crippen LogP contribution < -0.4 is 9.47 Å². The quantitative estimate of drug-likeness (QED) is 0.739. The summed E-state index contributed by atoms with van der Waals surface area (Å²) in [4.78, 5) is 18.1. The van der Waals surface area contributed by atoms with E-state index < -0.39 is 11.8 Å². The van der Waals surface area contributed by atoms with Gasteiger partial charge in [0.05, 0.1) is 26.2 Å². The number of aliphatic imine (C=N–C) groups is 1. The van der Waals surface area contributed by atoms with Gasteiger partial charge in [-0.25, -0.2) is 0 Å². The maximum absolute atomic E-state index is 13.4. The van der Waals surface area contributed by atoms with E-state index in [0.29, 0.717) is 29.9 Å². The fraction of sp³-hybridized carbons (Fsp3) is 0.320. The van der Waals surface area contributed by atoms with E-state index in [1.54, 1.807) is 14.2 Å². The topological polar surface area (TPSA) is 71.7 Å². The molecular formula is C25H24N2O3. The molecule has 0 aromatic heterocycles. The van der Waals surface area contributed by atoms with Crippen molar-refractivity contribution in [2.45, 2.75) is 31.6 Å². The molecule has 0 saturated carbocycles. The summed E-state index contributed by atoms with van der Waals surface area (Å²) in [6.45, 7) is 1.87. The van der Waals surface area contributed by atoms with Crippen LogP contribution in [0.5, 0.6) is 11.5 Å². The van der Waals surface area contributed by atoms with Crippen LogP contribution in [0.25, 0.3) is 0 Å². The Morgan fingerprint density at radius 3 is 2.50 bits per heavy atom. The van der Waals surface area contributed by atoms with Crippen LogP contribution in [0.2, 0.25) is 0 Å². The molecule has 2 aromatic rings. The molecule has 0 amide bonds. The molecule has 1 aliphatic heterocycles. The highest BCUT2D eigenvalue weighted by Gasteiger charge is 2.42. The number of carbonyl (C=O) groups is 1. The number of hydrogen-bond acceptors (Lipinski definition) is 5. The van der Waals surface area contributed by atoms with Crippen molar-refractivity contribution in [2.24, 2.45) is 10.9 Å². The first-order valence-electron chi connectivity index (χ1n) is 10.0. The van der Waals surface area contributed by atoms with Crippen LogP contribution in [-0.4, -0.2) is 25.7 Å². The number of benzene rings is 2. The highest BCUT2D eigenvalue weighted by Crippen LogP contribution is 2.48. The zero-order chi connectivity index (χ0) is 21.3. The Kier molecular flexibility index (Phi) is 5.41. The monoisotopic (exact) mass is 400 g/mol. The molecule has 1 aliphatic carbocycles. The van der Waals surface area contributed by atoms with Gasteiger partial charge in [0.25, 0.3) is 0 Å². The lowest BCUT2D eigenvalue weighted by molar-refractivity contribution is -0.116. The standard InChI is InChI=1S/C25H24N2O3/c1-15-20(14-26)24(19-13-18(29-2)9-10-23(19)30-3)25-21(27-15)11-17(12-22(25)28)16-7-5-4-6-8-16/h4-10,13,17,20,24H,11-12H2,1-3H3/t17-,20?,24+/m1/s1. The van der Waals surface area contributed by atoms with E-state index in [-0.39, 0.29) is 11.7 Å². The number of hydrogen-bond donors (Lipinski definition) is 0. The van der Waals surface area contributed by atoms with Crippen molar-refractivity contribution >= 4 is 11.5 Å². The number of methoxy groups -OCH3 is 2. The lowest BCUT2D eigenvalue weighted by atomic mass is 9.69. The molecule has 5 nitrogen and oxygen atoms in total. The van der Waals surface area contributed by atoms with Crippen LogP contribution in [0, 0.1) is 17.2 Å².